The van der Waals surface area contributed by atoms with Crippen molar-refractivity contribution in [1.29, 1.82) is 0 Å². The van der Waals surface area contributed by atoms with E-state index in [1.54, 1.807) is 13.1 Å². The van der Waals surface area contributed by atoms with Crippen LogP contribution in [0.1, 0.15) is 0 Å². The number of aryl methyl sites for hydroxylation is 1. The van der Waals surface area contributed by atoms with Crippen molar-refractivity contribution in [2.45, 2.75) is 0 Å². The number of aromatic nitrogens is 4. The molecule has 0 saturated heterocycles. The third-order valence-electron chi connectivity index (χ3n) is 3.13. The van der Waals surface area contributed by atoms with E-state index < -0.39 is 0 Å². The minimum atomic E-state index is -0.188. The monoisotopic (exact) mass is 357 g/mol. The van der Waals surface area contributed by atoms with Crippen molar-refractivity contribution in [2.75, 3.05) is 5.73 Å². The molecule has 22 heavy (non-hydrogen) atoms. The van der Waals surface area contributed by atoms with Gasteiger partial charge in [0.1, 0.15) is 21.7 Å². The van der Waals surface area contributed by atoms with E-state index >= 15 is 0 Å². The normalized spacial score (nSPS) is 10.6. The fourth-order valence-corrected chi connectivity index (χ4v) is 2.30. The molecule has 0 fully saturated rings. The molecule has 0 amide bonds. The highest BCUT2D eigenvalue weighted by Gasteiger charge is 2.15. The summed E-state index contributed by atoms with van der Waals surface area (Å²) in [5, 5.41) is 4.24. The summed E-state index contributed by atoms with van der Waals surface area (Å²) in [6.07, 6.45) is 0. The highest BCUT2D eigenvalue weighted by atomic mass is 79.9. The zero-order chi connectivity index (χ0) is 15.7. The second-order valence-electron chi connectivity index (χ2n) is 4.64. The van der Waals surface area contributed by atoms with Crippen molar-refractivity contribution < 1.29 is 0 Å². The van der Waals surface area contributed by atoms with Crippen LogP contribution in [-0.2, 0) is 7.05 Å². The Bertz CT molecular complexity index is 892. The lowest BCUT2D eigenvalue weighted by Crippen LogP contribution is -2.18. The molecular formula is C15H12BrN5O. The minimum Gasteiger partial charge on any atom is -0.381 e. The molecule has 0 spiro atoms. The van der Waals surface area contributed by atoms with Crippen molar-refractivity contribution in [3.63, 3.8) is 0 Å². The van der Waals surface area contributed by atoms with E-state index in [9.17, 15) is 4.79 Å². The molecule has 6 nitrogen and oxygen atoms in total. The summed E-state index contributed by atoms with van der Waals surface area (Å²) in [5.74, 6) is 0.299. The Morgan fingerprint density at radius 1 is 1.05 bits per heavy atom. The number of nitrogens with zero attached hydrogens (tertiary/aromatic N) is 4. The van der Waals surface area contributed by atoms with Gasteiger partial charge in [-0.15, -0.1) is 0 Å². The predicted octanol–water partition coefficient (Wildman–Crippen LogP) is 2.25. The van der Waals surface area contributed by atoms with E-state index in [2.05, 4.69) is 31.0 Å². The number of hydrogen-bond donors (Lipinski definition) is 1. The number of halogens is 1. The summed E-state index contributed by atoms with van der Waals surface area (Å²) in [6.45, 7) is 0. The van der Waals surface area contributed by atoms with E-state index in [0.29, 0.717) is 27.5 Å². The van der Waals surface area contributed by atoms with Crippen LogP contribution in [-0.4, -0.2) is 19.7 Å². The Labute approximate surface area is 134 Å². The van der Waals surface area contributed by atoms with Gasteiger partial charge < -0.3 is 5.73 Å². The van der Waals surface area contributed by atoms with E-state index in [1.807, 2.05) is 30.3 Å². The van der Waals surface area contributed by atoms with Gasteiger partial charge in [-0.2, -0.15) is 5.10 Å². The van der Waals surface area contributed by atoms with Crippen molar-refractivity contribution in [3.05, 3.63) is 57.4 Å². The molecule has 0 aliphatic carbocycles. The van der Waals surface area contributed by atoms with Gasteiger partial charge in [0.15, 0.2) is 5.82 Å². The first kappa shape index (κ1) is 14.4. The van der Waals surface area contributed by atoms with Crippen LogP contribution in [0.3, 0.4) is 0 Å². The Kier molecular flexibility index (Phi) is 3.72. The van der Waals surface area contributed by atoms with Gasteiger partial charge in [-0.3, -0.25) is 4.79 Å². The maximum absolute atomic E-state index is 11.5. The molecule has 0 bridgehead atoms. The third kappa shape index (κ3) is 2.62. The van der Waals surface area contributed by atoms with Crippen LogP contribution >= 0.6 is 15.9 Å². The Morgan fingerprint density at radius 2 is 1.77 bits per heavy atom. The molecule has 110 valence electrons. The molecule has 0 saturated carbocycles. The summed E-state index contributed by atoms with van der Waals surface area (Å²) in [5.41, 5.74) is 8.28. The highest BCUT2D eigenvalue weighted by Crippen LogP contribution is 2.30. The van der Waals surface area contributed by atoms with Crippen LogP contribution in [0.5, 0.6) is 0 Å². The van der Waals surface area contributed by atoms with Crippen LogP contribution in [0.4, 0.5) is 5.82 Å². The molecule has 0 aliphatic heterocycles. The summed E-state index contributed by atoms with van der Waals surface area (Å²) in [6, 6.07) is 12.7. The standard InChI is InChI=1S/C15H12BrN5O/c1-21-11(22)8-7-10(20-21)13-12(9-5-3-2-4-6-9)19-15(17)14(16)18-13/h2-8H,1H3,(H2,17,19). The van der Waals surface area contributed by atoms with Crippen LogP contribution < -0.4 is 11.3 Å². The molecule has 2 aromatic heterocycles. The topological polar surface area (TPSA) is 86.7 Å². The van der Waals surface area contributed by atoms with Gasteiger partial charge in [0.2, 0.25) is 0 Å². The van der Waals surface area contributed by atoms with Crippen molar-refractivity contribution >= 4 is 21.7 Å². The molecule has 0 radical (unpaired) electrons. The van der Waals surface area contributed by atoms with E-state index in [0.717, 1.165) is 5.56 Å². The fraction of sp³-hybridized carbons (Fsp3) is 0.0667. The van der Waals surface area contributed by atoms with Gasteiger partial charge in [0.05, 0.1) is 0 Å². The van der Waals surface area contributed by atoms with E-state index in [-0.39, 0.29) is 5.56 Å². The minimum absolute atomic E-state index is 0.188. The van der Waals surface area contributed by atoms with Crippen molar-refractivity contribution in [3.8, 4) is 22.6 Å². The van der Waals surface area contributed by atoms with Crippen LogP contribution in [0.15, 0.2) is 51.9 Å². The lowest BCUT2D eigenvalue weighted by Gasteiger charge is -2.10. The summed E-state index contributed by atoms with van der Waals surface area (Å²) >= 11 is 3.29. The molecule has 2 heterocycles. The van der Waals surface area contributed by atoms with Crippen molar-refractivity contribution in [2.24, 2.45) is 7.05 Å². The number of benzene rings is 1. The van der Waals surface area contributed by atoms with Crippen LogP contribution in [0.2, 0.25) is 0 Å². The van der Waals surface area contributed by atoms with Gasteiger partial charge in [-0.1, -0.05) is 30.3 Å². The molecule has 3 rings (SSSR count). The quantitative estimate of drug-likeness (QED) is 0.759. The molecule has 1 aromatic carbocycles. The Morgan fingerprint density at radius 3 is 2.45 bits per heavy atom. The summed E-state index contributed by atoms with van der Waals surface area (Å²) in [7, 11) is 1.59. The van der Waals surface area contributed by atoms with Gasteiger partial charge in [-0.25, -0.2) is 14.6 Å². The predicted molar refractivity (Wildman–Crippen MR) is 88.1 cm³/mol. The second kappa shape index (κ2) is 5.69. The number of rotatable bonds is 2. The largest absolute Gasteiger partial charge is 0.381 e. The number of nitrogens with two attached hydrogens (primary N) is 1. The SMILES string of the molecule is Cn1nc(-c2nc(Br)c(N)nc2-c2ccccc2)ccc1=O. The van der Waals surface area contributed by atoms with Gasteiger partial charge in [0, 0.05) is 18.7 Å². The van der Waals surface area contributed by atoms with E-state index in [4.69, 9.17) is 5.73 Å². The number of nitrogen functional groups attached to an aromatic ring is 1. The second-order valence-corrected chi connectivity index (χ2v) is 5.39. The Hall–Kier alpha value is -2.54. The van der Waals surface area contributed by atoms with Gasteiger partial charge >= 0.3 is 0 Å². The first-order valence-corrected chi connectivity index (χ1v) is 7.29. The van der Waals surface area contributed by atoms with Crippen molar-refractivity contribution in [1.82, 2.24) is 19.7 Å². The van der Waals surface area contributed by atoms with Crippen LogP contribution in [0.25, 0.3) is 22.6 Å². The first-order valence-electron chi connectivity index (χ1n) is 6.49. The summed E-state index contributed by atoms with van der Waals surface area (Å²) in [4.78, 5) is 20.4. The molecular weight excluding hydrogens is 346 g/mol. The molecule has 0 unspecified atom stereocenters. The lowest BCUT2D eigenvalue weighted by molar-refractivity contribution is 0.710. The Balaban J connectivity index is 2.28. The molecule has 3 aromatic rings. The summed E-state index contributed by atoms with van der Waals surface area (Å²) < 4.78 is 1.70. The maximum atomic E-state index is 11.5. The van der Waals surface area contributed by atoms with E-state index in [1.165, 1.54) is 10.7 Å². The molecule has 2 N–H and O–H groups in total. The molecule has 0 aliphatic rings. The first-order chi connectivity index (χ1) is 10.6. The van der Waals surface area contributed by atoms with Crippen LogP contribution in [0, 0.1) is 0 Å². The van der Waals surface area contributed by atoms with Gasteiger partial charge in [-0.05, 0) is 22.0 Å². The lowest BCUT2D eigenvalue weighted by atomic mass is 10.1. The molecule has 7 heteroatoms. The smallest absolute Gasteiger partial charge is 0.266 e. The average Bonchev–Trinajstić information content (AvgIpc) is 2.53. The number of hydrogen-bond acceptors (Lipinski definition) is 5. The zero-order valence-corrected chi connectivity index (χ0v) is 13.3. The maximum Gasteiger partial charge on any atom is 0.266 e. The average molecular weight is 358 g/mol. The molecule has 0 atom stereocenters. The highest BCUT2D eigenvalue weighted by molar-refractivity contribution is 9.10. The third-order valence-corrected chi connectivity index (χ3v) is 3.71. The fourth-order valence-electron chi connectivity index (χ4n) is 2.03. The van der Waals surface area contributed by atoms with Gasteiger partial charge in [0.25, 0.3) is 5.56 Å². The zero-order valence-electron chi connectivity index (χ0n) is 11.7. The number of anilines is 1.